The fourth-order valence-electron chi connectivity index (χ4n) is 4.91. The molecule has 3 aliphatic heterocycles. The van der Waals surface area contributed by atoms with Crippen molar-refractivity contribution in [1.82, 2.24) is 20.4 Å². The number of nitrogens with one attached hydrogen (secondary N) is 2. The van der Waals surface area contributed by atoms with Crippen LogP contribution >= 0.6 is 0 Å². The molecule has 3 atom stereocenters. The molecule has 2 amide bonds. The van der Waals surface area contributed by atoms with Gasteiger partial charge in [-0.1, -0.05) is 12.8 Å². The maximum absolute atomic E-state index is 12.4. The van der Waals surface area contributed by atoms with E-state index in [1.807, 2.05) is 0 Å². The molecule has 4 fully saturated rings. The lowest BCUT2D eigenvalue weighted by atomic mass is 9.89. The summed E-state index contributed by atoms with van der Waals surface area (Å²) < 4.78 is 0. The van der Waals surface area contributed by atoms with Gasteiger partial charge in [-0.15, -0.1) is 0 Å². The van der Waals surface area contributed by atoms with Crippen LogP contribution in [-0.4, -0.2) is 66.2 Å². The molecule has 4 rings (SSSR count). The number of carbonyl (C=O) groups is 1. The smallest absolute Gasteiger partial charge is 0.318 e. The molecule has 1 saturated carbocycles. The first-order chi connectivity index (χ1) is 10.3. The van der Waals surface area contributed by atoms with Crippen molar-refractivity contribution in [3.05, 3.63) is 0 Å². The maximum atomic E-state index is 12.4. The van der Waals surface area contributed by atoms with Crippen LogP contribution in [0.4, 0.5) is 4.79 Å². The summed E-state index contributed by atoms with van der Waals surface area (Å²) in [5.41, 5.74) is 0. The van der Waals surface area contributed by atoms with Crippen molar-refractivity contribution in [3.8, 4) is 0 Å². The van der Waals surface area contributed by atoms with Gasteiger partial charge in [-0.3, -0.25) is 4.90 Å². The van der Waals surface area contributed by atoms with Gasteiger partial charge in [0, 0.05) is 31.7 Å². The van der Waals surface area contributed by atoms with Crippen LogP contribution in [0.15, 0.2) is 0 Å². The third-order valence-corrected chi connectivity index (χ3v) is 6.07. The molecule has 0 spiro atoms. The molecular formula is C16H28N4O. The standard InChI is InChI=1S/C16H28N4O/c21-16-18-14-3-1-2-4-15(14)20(16)12-6-9-19(10-7-12)13-5-8-17-11-13/h12-15,17H,1-11H2,(H,18,21). The van der Waals surface area contributed by atoms with E-state index in [0.717, 1.165) is 38.5 Å². The molecule has 0 aromatic rings. The van der Waals surface area contributed by atoms with E-state index >= 15 is 0 Å². The molecule has 0 aromatic carbocycles. The zero-order chi connectivity index (χ0) is 14.2. The second kappa shape index (κ2) is 5.76. The molecule has 0 radical (unpaired) electrons. The van der Waals surface area contributed by atoms with Gasteiger partial charge in [0.1, 0.15) is 0 Å². The number of urea groups is 1. The van der Waals surface area contributed by atoms with Gasteiger partial charge in [-0.25, -0.2) is 4.79 Å². The van der Waals surface area contributed by atoms with Crippen LogP contribution in [-0.2, 0) is 0 Å². The fraction of sp³-hybridized carbons (Fsp3) is 0.938. The van der Waals surface area contributed by atoms with Crippen molar-refractivity contribution in [3.63, 3.8) is 0 Å². The van der Waals surface area contributed by atoms with E-state index in [9.17, 15) is 4.79 Å². The molecular weight excluding hydrogens is 264 g/mol. The van der Waals surface area contributed by atoms with Crippen molar-refractivity contribution in [2.24, 2.45) is 0 Å². The number of hydrogen-bond donors (Lipinski definition) is 2. The molecule has 3 saturated heterocycles. The highest BCUT2D eigenvalue weighted by atomic mass is 16.2. The molecule has 118 valence electrons. The van der Waals surface area contributed by atoms with Crippen molar-refractivity contribution in [1.29, 1.82) is 0 Å². The first-order valence-electron chi connectivity index (χ1n) is 8.86. The zero-order valence-corrected chi connectivity index (χ0v) is 12.9. The fourth-order valence-corrected chi connectivity index (χ4v) is 4.91. The Morgan fingerprint density at radius 1 is 0.952 bits per heavy atom. The van der Waals surface area contributed by atoms with Gasteiger partial charge >= 0.3 is 6.03 Å². The van der Waals surface area contributed by atoms with E-state index in [4.69, 9.17) is 0 Å². The molecule has 5 nitrogen and oxygen atoms in total. The summed E-state index contributed by atoms with van der Waals surface area (Å²) in [5, 5.41) is 6.70. The quantitative estimate of drug-likeness (QED) is 0.802. The predicted octanol–water partition coefficient (Wildman–Crippen LogP) is 1.15. The average Bonchev–Trinajstić information content (AvgIpc) is 3.14. The minimum atomic E-state index is 0.216. The molecule has 3 unspecified atom stereocenters. The molecule has 21 heavy (non-hydrogen) atoms. The number of amides is 2. The minimum Gasteiger partial charge on any atom is -0.333 e. The van der Waals surface area contributed by atoms with Crippen molar-refractivity contribution < 1.29 is 4.79 Å². The summed E-state index contributed by atoms with van der Waals surface area (Å²) in [6.07, 6.45) is 8.57. The summed E-state index contributed by atoms with van der Waals surface area (Å²) in [6.45, 7) is 4.65. The maximum Gasteiger partial charge on any atom is 0.318 e. The second-order valence-corrected chi connectivity index (χ2v) is 7.23. The van der Waals surface area contributed by atoms with Gasteiger partial charge < -0.3 is 15.5 Å². The van der Waals surface area contributed by atoms with Crippen LogP contribution < -0.4 is 10.6 Å². The van der Waals surface area contributed by atoms with Crippen LogP contribution in [0.2, 0.25) is 0 Å². The van der Waals surface area contributed by atoms with Crippen molar-refractivity contribution in [2.75, 3.05) is 26.2 Å². The topological polar surface area (TPSA) is 47.6 Å². The Bertz CT molecular complexity index is 388. The largest absolute Gasteiger partial charge is 0.333 e. The number of carbonyl (C=O) groups excluding carboxylic acids is 1. The van der Waals surface area contributed by atoms with E-state index in [1.54, 1.807) is 0 Å². The van der Waals surface area contributed by atoms with Gasteiger partial charge in [0.25, 0.3) is 0 Å². The summed E-state index contributed by atoms with van der Waals surface area (Å²) in [7, 11) is 0. The molecule has 5 heteroatoms. The number of likely N-dealkylation sites (tertiary alicyclic amines) is 1. The van der Waals surface area contributed by atoms with Gasteiger partial charge in [-0.2, -0.15) is 0 Å². The third-order valence-electron chi connectivity index (χ3n) is 6.07. The Morgan fingerprint density at radius 2 is 1.76 bits per heavy atom. The number of nitrogens with zero attached hydrogens (tertiary/aromatic N) is 2. The normalized spacial score (nSPS) is 38.6. The number of rotatable bonds is 2. The van der Waals surface area contributed by atoms with E-state index in [1.165, 1.54) is 38.6 Å². The molecule has 4 aliphatic rings. The Balaban J connectivity index is 1.37. The van der Waals surface area contributed by atoms with Crippen LogP contribution in [0.25, 0.3) is 0 Å². The molecule has 2 N–H and O–H groups in total. The Morgan fingerprint density at radius 3 is 2.52 bits per heavy atom. The zero-order valence-electron chi connectivity index (χ0n) is 12.9. The highest BCUT2D eigenvalue weighted by Crippen LogP contribution is 2.32. The minimum absolute atomic E-state index is 0.216. The lowest BCUT2D eigenvalue weighted by molar-refractivity contribution is 0.0857. The molecule has 1 aliphatic carbocycles. The first kappa shape index (κ1) is 13.8. The summed E-state index contributed by atoms with van der Waals surface area (Å²) in [5.74, 6) is 0. The lowest BCUT2D eigenvalue weighted by Gasteiger charge is -2.41. The lowest BCUT2D eigenvalue weighted by Crippen LogP contribution is -2.52. The predicted molar refractivity (Wildman–Crippen MR) is 82.3 cm³/mol. The summed E-state index contributed by atoms with van der Waals surface area (Å²) in [6, 6.07) is 2.34. The Labute approximate surface area is 127 Å². The highest BCUT2D eigenvalue weighted by molar-refractivity contribution is 5.78. The first-order valence-corrected chi connectivity index (χ1v) is 8.86. The Hall–Kier alpha value is -0.810. The molecule has 0 aromatic heterocycles. The summed E-state index contributed by atoms with van der Waals surface area (Å²) in [4.78, 5) is 17.2. The Kier molecular flexibility index (Phi) is 3.79. The number of piperidine rings is 1. The molecule has 3 heterocycles. The van der Waals surface area contributed by atoms with E-state index in [2.05, 4.69) is 20.4 Å². The second-order valence-electron chi connectivity index (χ2n) is 7.23. The van der Waals surface area contributed by atoms with Crippen molar-refractivity contribution >= 4 is 6.03 Å². The van der Waals surface area contributed by atoms with Crippen molar-refractivity contribution in [2.45, 2.75) is 69.1 Å². The molecule has 0 bridgehead atoms. The monoisotopic (exact) mass is 292 g/mol. The van der Waals surface area contributed by atoms with Gasteiger partial charge in [-0.05, 0) is 38.6 Å². The van der Waals surface area contributed by atoms with E-state index in [0.29, 0.717) is 18.1 Å². The highest BCUT2D eigenvalue weighted by Gasteiger charge is 2.44. The van der Waals surface area contributed by atoms with Crippen LogP contribution in [0.5, 0.6) is 0 Å². The summed E-state index contributed by atoms with van der Waals surface area (Å²) >= 11 is 0. The van der Waals surface area contributed by atoms with Crippen LogP contribution in [0, 0.1) is 0 Å². The van der Waals surface area contributed by atoms with Gasteiger partial charge in [0.05, 0.1) is 12.1 Å². The average molecular weight is 292 g/mol. The van der Waals surface area contributed by atoms with Crippen LogP contribution in [0.1, 0.15) is 44.9 Å². The van der Waals surface area contributed by atoms with E-state index in [-0.39, 0.29) is 6.03 Å². The third kappa shape index (κ3) is 2.55. The number of hydrogen-bond acceptors (Lipinski definition) is 3. The van der Waals surface area contributed by atoms with E-state index < -0.39 is 0 Å². The van der Waals surface area contributed by atoms with Crippen LogP contribution in [0.3, 0.4) is 0 Å². The van der Waals surface area contributed by atoms with Gasteiger partial charge in [0.15, 0.2) is 0 Å². The SMILES string of the molecule is O=C1NC2CCCCC2N1C1CCN(C2CCNC2)CC1. The van der Waals surface area contributed by atoms with Gasteiger partial charge in [0.2, 0.25) is 0 Å². The number of fused-ring (bicyclic) bond motifs is 1.